The second kappa shape index (κ2) is 9.26. The molecule has 0 heteroatoms. The van der Waals surface area contributed by atoms with Gasteiger partial charge in [-0.05, 0) is 84.3 Å². The van der Waals surface area contributed by atoms with E-state index in [2.05, 4.69) is 159 Å². The summed E-state index contributed by atoms with van der Waals surface area (Å²) in [6.07, 6.45) is 0. The molecule has 0 amide bonds. The van der Waals surface area contributed by atoms with Gasteiger partial charge in [-0.1, -0.05) is 141 Å². The predicted molar refractivity (Wildman–Crippen MR) is 168 cm³/mol. The lowest BCUT2D eigenvalue weighted by Gasteiger charge is -2.22. The van der Waals surface area contributed by atoms with E-state index >= 15 is 0 Å². The van der Waals surface area contributed by atoms with Gasteiger partial charge in [0.1, 0.15) is 0 Å². The smallest absolute Gasteiger partial charge is 0.0159 e. The molecule has 0 aromatic heterocycles. The van der Waals surface area contributed by atoms with Crippen LogP contribution in [0.3, 0.4) is 0 Å². The largest absolute Gasteiger partial charge is 0.0623 e. The highest BCUT2D eigenvalue weighted by atomic mass is 14.4. The maximum absolute atomic E-state index is 2.40. The minimum absolute atomic E-state index is 0.00656. The van der Waals surface area contributed by atoms with Gasteiger partial charge in [-0.2, -0.15) is 0 Å². The molecule has 0 atom stereocenters. The molecule has 6 aromatic carbocycles. The normalized spacial score (nSPS) is 13.1. The van der Waals surface area contributed by atoms with Gasteiger partial charge in [-0.3, -0.25) is 0 Å². The highest BCUT2D eigenvalue weighted by molar-refractivity contribution is 5.99. The minimum Gasteiger partial charge on any atom is -0.0623 e. The Hall–Kier alpha value is -4.68. The van der Waals surface area contributed by atoms with Crippen LogP contribution in [0, 0.1) is 0 Å². The van der Waals surface area contributed by atoms with Crippen molar-refractivity contribution in [1.29, 1.82) is 0 Å². The SMILES string of the molecule is CC1(C)c2ccccc2-c2ccc(-c3ccc4cc(-c5cccccccc6ccccc56)ccc4c3)cc21. The second-order valence-corrected chi connectivity index (χ2v) is 11.0. The third kappa shape index (κ3) is 4.01. The van der Waals surface area contributed by atoms with Gasteiger partial charge in [0.15, 0.2) is 0 Å². The van der Waals surface area contributed by atoms with E-state index in [0.717, 1.165) is 0 Å². The number of rotatable bonds is 2. The van der Waals surface area contributed by atoms with Gasteiger partial charge in [0.05, 0.1) is 0 Å². The van der Waals surface area contributed by atoms with Gasteiger partial charge in [0.25, 0.3) is 0 Å². The average molecular weight is 499 g/mol. The third-order valence-electron chi connectivity index (χ3n) is 8.30. The monoisotopic (exact) mass is 498 g/mol. The Bertz CT molecular complexity index is 1940. The van der Waals surface area contributed by atoms with Crippen LogP contribution in [0.25, 0.3) is 54.9 Å². The van der Waals surface area contributed by atoms with E-state index in [0.29, 0.717) is 0 Å². The molecule has 0 radical (unpaired) electrons. The number of fused-ring (bicyclic) bond motifs is 5. The molecule has 7 rings (SSSR count). The molecule has 6 aromatic rings. The fourth-order valence-electron chi connectivity index (χ4n) is 6.21. The van der Waals surface area contributed by atoms with Gasteiger partial charge in [0, 0.05) is 5.41 Å². The van der Waals surface area contributed by atoms with Crippen molar-refractivity contribution in [2.24, 2.45) is 0 Å². The first-order valence-electron chi connectivity index (χ1n) is 13.7. The summed E-state index contributed by atoms with van der Waals surface area (Å²) in [4.78, 5) is 0. The molecule has 0 saturated carbocycles. The van der Waals surface area contributed by atoms with Crippen molar-refractivity contribution >= 4 is 21.5 Å². The van der Waals surface area contributed by atoms with Crippen LogP contribution in [-0.2, 0) is 5.41 Å². The molecule has 0 unspecified atom stereocenters. The summed E-state index contributed by atoms with van der Waals surface area (Å²) in [5, 5.41) is 4.97. The molecule has 0 bridgehead atoms. The van der Waals surface area contributed by atoms with Crippen LogP contribution < -0.4 is 0 Å². The van der Waals surface area contributed by atoms with Crippen LogP contribution in [-0.4, -0.2) is 0 Å². The topological polar surface area (TPSA) is 0 Å². The van der Waals surface area contributed by atoms with E-state index in [9.17, 15) is 0 Å². The number of benzene rings is 5. The molecule has 0 saturated heterocycles. The molecule has 0 heterocycles. The lowest BCUT2D eigenvalue weighted by Crippen LogP contribution is -2.14. The molecular weight excluding hydrogens is 468 g/mol. The number of hydrogen-bond donors (Lipinski definition) is 0. The van der Waals surface area contributed by atoms with Crippen LogP contribution in [0.4, 0.5) is 0 Å². The summed E-state index contributed by atoms with van der Waals surface area (Å²) in [6.45, 7) is 4.69. The summed E-state index contributed by atoms with van der Waals surface area (Å²) < 4.78 is 0. The van der Waals surface area contributed by atoms with Crippen LogP contribution in [0.2, 0.25) is 0 Å². The first-order valence-corrected chi connectivity index (χ1v) is 13.7. The van der Waals surface area contributed by atoms with Crippen molar-refractivity contribution in [3.05, 3.63) is 157 Å². The van der Waals surface area contributed by atoms with Crippen molar-refractivity contribution in [3.8, 4) is 33.4 Å². The predicted octanol–water partition coefficient (Wildman–Crippen LogP) is 10.8. The van der Waals surface area contributed by atoms with E-state index in [1.165, 1.54) is 66.1 Å². The minimum atomic E-state index is 0.00656. The lowest BCUT2D eigenvalue weighted by molar-refractivity contribution is 0.660. The van der Waals surface area contributed by atoms with Gasteiger partial charge >= 0.3 is 0 Å². The maximum Gasteiger partial charge on any atom is 0.0159 e. The Morgan fingerprint density at radius 1 is 0.359 bits per heavy atom. The lowest BCUT2D eigenvalue weighted by atomic mass is 9.81. The van der Waals surface area contributed by atoms with Crippen molar-refractivity contribution in [2.45, 2.75) is 19.3 Å². The number of hydrogen-bond acceptors (Lipinski definition) is 0. The van der Waals surface area contributed by atoms with Crippen molar-refractivity contribution < 1.29 is 0 Å². The Kier molecular flexibility index (Phi) is 5.56. The average Bonchev–Trinajstić information content (AvgIpc) is 3.21. The summed E-state index contributed by atoms with van der Waals surface area (Å²) in [5.74, 6) is 0. The van der Waals surface area contributed by atoms with E-state index < -0.39 is 0 Å². The molecule has 1 aliphatic carbocycles. The molecule has 0 aliphatic heterocycles. The molecule has 0 N–H and O–H groups in total. The summed E-state index contributed by atoms with van der Waals surface area (Å²) in [7, 11) is 0. The Labute approximate surface area is 230 Å². The first kappa shape index (κ1) is 23.4. The Balaban J connectivity index is 1.32. The van der Waals surface area contributed by atoms with Crippen LogP contribution in [0.1, 0.15) is 25.0 Å². The molecule has 1 aliphatic rings. The second-order valence-electron chi connectivity index (χ2n) is 11.0. The Morgan fingerprint density at radius 2 is 0.897 bits per heavy atom. The van der Waals surface area contributed by atoms with Crippen molar-refractivity contribution in [2.75, 3.05) is 0 Å². The molecular formula is C39H30. The standard InChI is InChI=1S/C39H30/c1-39(2)37-17-11-10-16-35(37)36-23-22-31(26-38(36)39)29-18-19-30-25-32(21-20-28(30)24-29)34-14-7-5-3-4-6-12-27-13-8-9-15-33(27)34/h3-26H,1-2H3. The zero-order chi connectivity index (χ0) is 26.4. The third-order valence-corrected chi connectivity index (χ3v) is 8.30. The van der Waals surface area contributed by atoms with E-state index in [4.69, 9.17) is 0 Å². The van der Waals surface area contributed by atoms with Gasteiger partial charge in [0.2, 0.25) is 0 Å². The molecule has 39 heavy (non-hydrogen) atoms. The summed E-state index contributed by atoms with van der Waals surface area (Å²) in [5.41, 5.74) is 10.6. The van der Waals surface area contributed by atoms with Gasteiger partial charge in [-0.25, -0.2) is 0 Å². The van der Waals surface area contributed by atoms with Crippen LogP contribution >= 0.6 is 0 Å². The first-order chi connectivity index (χ1) is 19.1. The highest BCUT2D eigenvalue weighted by Gasteiger charge is 2.35. The quantitative estimate of drug-likeness (QED) is 0.223. The van der Waals surface area contributed by atoms with Gasteiger partial charge < -0.3 is 0 Å². The van der Waals surface area contributed by atoms with Crippen molar-refractivity contribution in [1.82, 2.24) is 0 Å². The van der Waals surface area contributed by atoms with Gasteiger partial charge in [-0.15, -0.1) is 0 Å². The molecule has 0 spiro atoms. The Morgan fingerprint density at radius 3 is 1.74 bits per heavy atom. The van der Waals surface area contributed by atoms with Crippen LogP contribution in [0.15, 0.2) is 146 Å². The van der Waals surface area contributed by atoms with E-state index in [-0.39, 0.29) is 5.41 Å². The van der Waals surface area contributed by atoms with E-state index in [1.54, 1.807) is 0 Å². The van der Waals surface area contributed by atoms with E-state index in [1.807, 2.05) is 0 Å². The zero-order valence-electron chi connectivity index (χ0n) is 22.4. The summed E-state index contributed by atoms with van der Waals surface area (Å²) >= 11 is 0. The molecule has 0 fully saturated rings. The van der Waals surface area contributed by atoms with Crippen molar-refractivity contribution in [3.63, 3.8) is 0 Å². The summed E-state index contributed by atoms with van der Waals surface area (Å²) in [6, 6.07) is 53.0. The molecule has 0 nitrogen and oxygen atoms in total. The fourth-order valence-corrected chi connectivity index (χ4v) is 6.21. The molecule has 186 valence electrons. The maximum atomic E-state index is 2.40. The fraction of sp³-hybridized carbons (Fsp3) is 0.0769. The zero-order valence-corrected chi connectivity index (χ0v) is 22.4. The van der Waals surface area contributed by atoms with Crippen LogP contribution in [0.5, 0.6) is 0 Å². The highest BCUT2D eigenvalue weighted by Crippen LogP contribution is 2.49.